The molecule has 0 saturated heterocycles. The molecular formula is C28H18N4O. The molecule has 33 heavy (non-hydrogen) atoms. The van der Waals surface area contributed by atoms with Crippen molar-refractivity contribution in [3.8, 4) is 17.3 Å². The topological polar surface area (TPSA) is 56.7 Å². The third-order valence-electron chi connectivity index (χ3n) is 6.16. The number of aryl methyl sites for hydroxylation is 1. The molecule has 0 aliphatic heterocycles. The van der Waals surface area contributed by atoms with Crippen molar-refractivity contribution in [3.05, 3.63) is 96.8 Å². The Hall–Kier alpha value is -4.51. The number of fused-ring (bicyclic) bond motifs is 6. The number of hydrogen-bond donors (Lipinski definition) is 0. The molecule has 4 aromatic carbocycles. The van der Waals surface area contributed by atoms with Gasteiger partial charge in [0.25, 0.3) is 0 Å². The van der Waals surface area contributed by atoms with Crippen molar-refractivity contribution in [3.63, 3.8) is 0 Å². The number of nitrogens with zero attached hydrogens (tertiary/aromatic N) is 4. The molecule has 3 heterocycles. The molecule has 3 aromatic heterocycles. The predicted octanol–water partition coefficient (Wildman–Crippen LogP) is 6.84. The zero-order valence-electron chi connectivity index (χ0n) is 17.9. The van der Waals surface area contributed by atoms with Gasteiger partial charge < -0.3 is 4.42 Å². The SMILES string of the molecule is Cc1nc(-c2cccc3c2oc2ccccc23)nc(-n2c3ccccc3c3ccccc32)n1. The van der Waals surface area contributed by atoms with Crippen molar-refractivity contribution in [2.45, 2.75) is 6.92 Å². The third-order valence-corrected chi connectivity index (χ3v) is 6.16. The minimum atomic E-state index is 0.600. The van der Waals surface area contributed by atoms with Crippen molar-refractivity contribution in [2.75, 3.05) is 0 Å². The maximum absolute atomic E-state index is 6.24. The van der Waals surface area contributed by atoms with E-state index in [1.165, 1.54) is 10.8 Å². The maximum atomic E-state index is 6.24. The molecule has 0 aliphatic rings. The van der Waals surface area contributed by atoms with Crippen LogP contribution >= 0.6 is 0 Å². The summed E-state index contributed by atoms with van der Waals surface area (Å²) in [4.78, 5) is 14.4. The van der Waals surface area contributed by atoms with E-state index in [-0.39, 0.29) is 0 Å². The van der Waals surface area contributed by atoms with Gasteiger partial charge in [-0.25, -0.2) is 4.98 Å². The van der Waals surface area contributed by atoms with E-state index in [0.717, 1.165) is 38.5 Å². The fourth-order valence-electron chi connectivity index (χ4n) is 4.75. The van der Waals surface area contributed by atoms with Gasteiger partial charge in [-0.05, 0) is 31.2 Å². The lowest BCUT2D eigenvalue weighted by Crippen LogP contribution is -2.06. The monoisotopic (exact) mass is 426 g/mol. The highest BCUT2D eigenvalue weighted by Crippen LogP contribution is 2.35. The van der Waals surface area contributed by atoms with E-state index in [1.807, 2.05) is 49.4 Å². The van der Waals surface area contributed by atoms with Crippen LogP contribution in [0.5, 0.6) is 0 Å². The largest absolute Gasteiger partial charge is 0.455 e. The molecule has 5 heteroatoms. The van der Waals surface area contributed by atoms with Crippen LogP contribution in [-0.4, -0.2) is 19.5 Å². The van der Waals surface area contributed by atoms with Gasteiger partial charge in [0.1, 0.15) is 17.0 Å². The van der Waals surface area contributed by atoms with Crippen LogP contribution in [0.15, 0.2) is 95.4 Å². The van der Waals surface area contributed by atoms with E-state index in [1.54, 1.807) is 0 Å². The Bertz CT molecular complexity index is 1790. The highest BCUT2D eigenvalue weighted by atomic mass is 16.3. The summed E-state index contributed by atoms with van der Waals surface area (Å²) in [6.07, 6.45) is 0. The zero-order valence-corrected chi connectivity index (χ0v) is 17.9. The number of benzene rings is 4. The summed E-state index contributed by atoms with van der Waals surface area (Å²) in [6, 6.07) is 30.9. The van der Waals surface area contributed by atoms with Gasteiger partial charge in [0.2, 0.25) is 5.95 Å². The first kappa shape index (κ1) is 18.1. The number of para-hydroxylation sites is 4. The van der Waals surface area contributed by atoms with Crippen molar-refractivity contribution in [1.29, 1.82) is 0 Å². The summed E-state index contributed by atoms with van der Waals surface area (Å²) >= 11 is 0. The predicted molar refractivity (Wildman–Crippen MR) is 132 cm³/mol. The second-order valence-corrected chi connectivity index (χ2v) is 8.16. The van der Waals surface area contributed by atoms with Crippen LogP contribution in [0.4, 0.5) is 0 Å². The fraction of sp³-hybridized carbons (Fsp3) is 0.0357. The molecule has 7 aromatic rings. The lowest BCUT2D eigenvalue weighted by atomic mass is 10.1. The number of hydrogen-bond acceptors (Lipinski definition) is 4. The molecule has 0 radical (unpaired) electrons. The van der Waals surface area contributed by atoms with Gasteiger partial charge in [-0.3, -0.25) is 4.57 Å². The quantitative estimate of drug-likeness (QED) is 0.304. The molecule has 5 nitrogen and oxygen atoms in total. The Balaban J connectivity index is 1.53. The highest BCUT2D eigenvalue weighted by molar-refractivity contribution is 6.10. The van der Waals surface area contributed by atoms with E-state index < -0.39 is 0 Å². The van der Waals surface area contributed by atoms with E-state index in [4.69, 9.17) is 19.4 Å². The fourth-order valence-corrected chi connectivity index (χ4v) is 4.75. The van der Waals surface area contributed by atoms with Gasteiger partial charge >= 0.3 is 0 Å². The molecule has 0 aliphatic carbocycles. The maximum Gasteiger partial charge on any atom is 0.238 e. The summed E-state index contributed by atoms with van der Waals surface area (Å²) in [5, 5.41) is 4.49. The average Bonchev–Trinajstić information content (AvgIpc) is 3.39. The first-order valence-corrected chi connectivity index (χ1v) is 10.9. The van der Waals surface area contributed by atoms with Crippen molar-refractivity contribution in [2.24, 2.45) is 0 Å². The number of aromatic nitrogens is 4. The van der Waals surface area contributed by atoms with Crippen LogP contribution in [-0.2, 0) is 0 Å². The van der Waals surface area contributed by atoms with Crippen LogP contribution in [0.1, 0.15) is 5.82 Å². The normalized spacial score (nSPS) is 11.8. The molecule has 0 spiro atoms. The second kappa shape index (κ2) is 6.74. The third kappa shape index (κ3) is 2.62. The molecule has 0 N–H and O–H groups in total. The smallest absolute Gasteiger partial charge is 0.238 e. The van der Waals surface area contributed by atoms with Gasteiger partial charge in [0.15, 0.2) is 5.82 Å². The van der Waals surface area contributed by atoms with Crippen molar-refractivity contribution < 1.29 is 4.42 Å². The standard InChI is InChI=1S/C28H18N4O/c1-17-29-27(22-13-8-12-21-20-11-4-7-16-25(20)33-26(21)22)31-28(30-17)32-23-14-5-2-9-18(23)19-10-3-6-15-24(19)32/h2-16H,1H3. The number of rotatable bonds is 2. The molecule has 0 amide bonds. The highest BCUT2D eigenvalue weighted by Gasteiger charge is 2.18. The minimum absolute atomic E-state index is 0.600. The molecule has 156 valence electrons. The lowest BCUT2D eigenvalue weighted by Gasteiger charge is -2.09. The molecule has 0 atom stereocenters. The van der Waals surface area contributed by atoms with Gasteiger partial charge in [-0.2, -0.15) is 9.97 Å². The summed E-state index contributed by atoms with van der Waals surface area (Å²) < 4.78 is 8.35. The Morgan fingerprint density at radius 1 is 0.606 bits per heavy atom. The molecule has 0 unspecified atom stereocenters. The summed E-state index contributed by atoms with van der Waals surface area (Å²) in [5.74, 6) is 1.86. The summed E-state index contributed by atoms with van der Waals surface area (Å²) in [6.45, 7) is 1.90. The van der Waals surface area contributed by atoms with Crippen LogP contribution in [0, 0.1) is 6.92 Å². The minimum Gasteiger partial charge on any atom is -0.455 e. The van der Waals surface area contributed by atoms with E-state index in [2.05, 4.69) is 53.1 Å². The lowest BCUT2D eigenvalue weighted by molar-refractivity contribution is 0.669. The van der Waals surface area contributed by atoms with Crippen molar-refractivity contribution >= 4 is 43.7 Å². The first-order valence-electron chi connectivity index (χ1n) is 10.9. The molecule has 7 rings (SSSR count). The average molecular weight is 426 g/mol. The Labute approximate surface area is 189 Å². The van der Waals surface area contributed by atoms with E-state index >= 15 is 0 Å². The zero-order chi connectivity index (χ0) is 21.9. The molecule has 0 bridgehead atoms. The Kier molecular flexibility index (Phi) is 3.70. The molecule has 0 saturated carbocycles. The van der Waals surface area contributed by atoms with Crippen LogP contribution in [0.3, 0.4) is 0 Å². The van der Waals surface area contributed by atoms with E-state index in [0.29, 0.717) is 17.6 Å². The molecule has 0 fully saturated rings. The van der Waals surface area contributed by atoms with Crippen LogP contribution in [0.2, 0.25) is 0 Å². The summed E-state index contributed by atoms with van der Waals surface area (Å²) in [5.41, 5.74) is 4.64. The van der Waals surface area contributed by atoms with Gasteiger partial charge in [0, 0.05) is 21.5 Å². The van der Waals surface area contributed by atoms with Gasteiger partial charge in [-0.1, -0.05) is 66.7 Å². The van der Waals surface area contributed by atoms with Gasteiger partial charge in [-0.15, -0.1) is 0 Å². The van der Waals surface area contributed by atoms with Crippen LogP contribution < -0.4 is 0 Å². The second-order valence-electron chi connectivity index (χ2n) is 8.16. The van der Waals surface area contributed by atoms with Crippen molar-refractivity contribution in [1.82, 2.24) is 19.5 Å². The first-order chi connectivity index (χ1) is 16.3. The van der Waals surface area contributed by atoms with E-state index in [9.17, 15) is 0 Å². The summed E-state index contributed by atoms with van der Waals surface area (Å²) in [7, 11) is 0. The van der Waals surface area contributed by atoms with Crippen LogP contribution in [0.25, 0.3) is 61.1 Å². The Morgan fingerprint density at radius 2 is 1.24 bits per heavy atom. The number of furan rings is 1. The Morgan fingerprint density at radius 3 is 2.00 bits per heavy atom. The van der Waals surface area contributed by atoms with Gasteiger partial charge in [0.05, 0.1) is 16.6 Å². The molecular weight excluding hydrogens is 408 g/mol.